The largest absolute Gasteiger partial charge is 0.454 e. The summed E-state index contributed by atoms with van der Waals surface area (Å²) >= 11 is 8.92. The third kappa shape index (κ3) is 7.69. The molecule has 2 N–H and O–H groups in total. The maximum absolute atomic E-state index is 13.3. The van der Waals surface area contributed by atoms with Gasteiger partial charge in [-0.1, -0.05) is 52.3 Å². The summed E-state index contributed by atoms with van der Waals surface area (Å²) in [5.41, 5.74) is 4.14. The lowest BCUT2D eigenvalue weighted by atomic mass is 10.1. The Kier molecular flexibility index (Phi) is 9.89. The molecule has 0 unspecified atom stereocenters. The number of halogens is 3. The molecule has 43 heavy (non-hydrogen) atoms. The number of carbonyl (C=O) groups is 3. The molecule has 4 aromatic rings. The fourth-order valence-electron chi connectivity index (χ4n) is 3.89. The van der Waals surface area contributed by atoms with Crippen LogP contribution in [0.3, 0.4) is 0 Å². The maximum Gasteiger partial charge on any atom is 0.344 e. The number of esters is 1. The predicted octanol–water partition coefficient (Wildman–Crippen LogP) is 6.69. The lowest BCUT2D eigenvalue weighted by Gasteiger charge is -2.12. The van der Waals surface area contributed by atoms with Crippen LogP contribution in [0.2, 0.25) is 0 Å². The van der Waals surface area contributed by atoms with Gasteiger partial charge in [0.05, 0.1) is 16.3 Å². The summed E-state index contributed by atoms with van der Waals surface area (Å²) < 4.78 is 18.4. The van der Waals surface area contributed by atoms with Gasteiger partial charge in [0.25, 0.3) is 11.8 Å². The number of hydrogen-bond donors (Lipinski definition) is 2. The SMILES string of the molecule is O=C(N/N=C\c1cc(Br)cc(Br)c1OC(=O)c1ccccc1I)/C(=C\c1ccc2c(c1)OCO2)NC(=O)c1ccccc1. The Labute approximate surface area is 276 Å². The Morgan fingerprint density at radius 2 is 1.65 bits per heavy atom. The van der Waals surface area contributed by atoms with Crippen LogP contribution in [0.5, 0.6) is 17.2 Å². The number of carbonyl (C=O) groups excluding carboxylic acids is 3. The van der Waals surface area contributed by atoms with Crippen LogP contribution in [0, 0.1) is 3.57 Å². The summed E-state index contributed by atoms with van der Waals surface area (Å²) in [4.78, 5) is 39.1. The normalized spacial score (nSPS) is 12.2. The fourth-order valence-corrected chi connectivity index (χ4v) is 5.84. The number of benzene rings is 4. The van der Waals surface area contributed by atoms with Crippen LogP contribution in [0.25, 0.3) is 6.08 Å². The third-order valence-corrected chi connectivity index (χ3v) is 7.92. The van der Waals surface area contributed by atoms with Crippen molar-refractivity contribution in [2.24, 2.45) is 5.10 Å². The molecule has 0 saturated carbocycles. The number of hydrogen-bond acceptors (Lipinski definition) is 7. The second kappa shape index (κ2) is 14.0. The Morgan fingerprint density at radius 3 is 2.44 bits per heavy atom. The van der Waals surface area contributed by atoms with Gasteiger partial charge in [-0.05, 0) is 98.7 Å². The number of nitrogens with one attached hydrogen (secondary N) is 2. The average molecular weight is 817 g/mol. The summed E-state index contributed by atoms with van der Waals surface area (Å²) in [6.45, 7) is 0.100. The average Bonchev–Trinajstić information content (AvgIpc) is 3.47. The lowest BCUT2D eigenvalue weighted by molar-refractivity contribution is -0.117. The number of ether oxygens (including phenoxy) is 3. The number of hydrazone groups is 1. The van der Waals surface area contributed by atoms with Crippen molar-refractivity contribution in [1.82, 2.24) is 10.7 Å². The molecule has 9 nitrogen and oxygen atoms in total. The van der Waals surface area contributed by atoms with Crippen LogP contribution < -0.4 is 25.0 Å². The molecule has 1 aliphatic heterocycles. The van der Waals surface area contributed by atoms with Gasteiger partial charge >= 0.3 is 5.97 Å². The van der Waals surface area contributed by atoms with Crippen molar-refractivity contribution in [3.8, 4) is 17.2 Å². The second-order valence-corrected chi connectivity index (χ2v) is 11.8. The second-order valence-electron chi connectivity index (χ2n) is 8.87. The number of fused-ring (bicyclic) bond motifs is 1. The molecule has 0 atom stereocenters. The van der Waals surface area contributed by atoms with Crippen molar-refractivity contribution < 1.29 is 28.6 Å². The summed E-state index contributed by atoms with van der Waals surface area (Å²) in [6.07, 6.45) is 2.83. The van der Waals surface area contributed by atoms with Gasteiger partial charge < -0.3 is 19.5 Å². The molecule has 5 rings (SSSR count). The molecule has 4 aromatic carbocycles. The van der Waals surface area contributed by atoms with Gasteiger partial charge in [-0.3, -0.25) is 9.59 Å². The topological polar surface area (TPSA) is 115 Å². The molecule has 0 fully saturated rings. The van der Waals surface area contributed by atoms with Crippen LogP contribution in [-0.2, 0) is 4.79 Å². The van der Waals surface area contributed by atoms with E-state index in [1.165, 1.54) is 12.3 Å². The lowest BCUT2D eigenvalue weighted by Crippen LogP contribution is -2.32. The van der Waals surface area contributed by atoms with E-state index in [1.807, 2.05) is 6.07 Å². The molecule has 0 aliphatic carbocycles. The smallest absolute Gasteiger partial charge is 0.344 e. The zero-order valence-electron chi connectivity index (χ0n) is 22.0. The molecule has 1 heterocycles. The van der Waals surface area contributed by atoms with Crippen molar-refractivity contribution in [2.45, 2.75) is 0 Å². The van der Waals surface area contributed by atoms with E-state index in [2.05, 4.69) is 70.3 Å². The highest BCUT2D eigenvalue weighted by atomic mass is 127. The third-order valence-electron chi connectivity index (χ3n) is 5.93. The minimum absolute atomic E-state index is 0.0643. The molecule has 216 valence electrons. The summed E-state index contributed by atoms with van der Waals surface area (Å²) in [6, 6.07) is 24.1. The van der Waals surface area contributed by atoms with Crippen LogP contribution in [0.4, 0.5) is 0 Å². The van der Waals surface area contributed by atoms with Crippen molar-refractivity contribution in [2.75, 3.05) is 6.79 Å². The van der Waals surface area contributed by atoms with E-state index in [0.29, 0.717) is 42.7 Å². The molecular formula is C31H20Br2IN3O6. The van der Waals surface area contributed by atoms with E-state index in [0.717, 1.165) is 3.57 Å². The first kappa shape index (κ1) is 30.4. The minimum Gasteiger partial charge on any atom is -0.454 e. The van der Waals surface area contributed by atoms with Crippen LogP contribution >= 0.6 is 54.5 Å². The molecule has 0 aromatic heterocycles. The highest BCUT2D eigenvalue weighted by Gasteiger charge is 2.19. The van der Waals surface area contributed by atoms with Gasteiger partial charge in [0.15, 0.2) is 17.2 Å². The van der Waals surface area contributed by atoms with E-state index >= 15 is 0 Å². The fraction of sp³-hybridized carbons (Fsp3) is 0.0323. The quantitative estimate of drug-likeness (QED) is 0.0512. The number of nitrogens with zero attached hydrogens (tertiary/aromatic N) is 1. The monoisotopic (exact) mass is 815 g/mol. The molecule has 2 amide bonds. The highest BCUT2D eigenvalue weighted by molar-refractivity contribution is 14.1. The predicted molar refractivity (Wildman–Crippen MR) is 176 cm³/mol. The minimum atomic E-state index is -0.690. The van der Waals surface area contributed by atoms with Gasteiger partial charge in [0.2, 0.25) is 6.79 Å². The standard InChI is InChI=1S/C31H20Br2IN3O6/c32-21-14-20(28(23(33)15-21)43-31(40)22-8-4-5-9-24(22)34)16-35-37-30(39)25(36-29(38)19-6-2-1-3-7-19)12-18-10-11-26-27(13-18)42-17-41-26/h1-16H,17H2,(H,36,38)(H,37,39)/b25-12+,35-16-. The Bertz CT molecular complexity index is 1780. The highest BCUT2D eigenvalue weighted by Crippen LogP contribution is 2.34. The molecule has 0 saturated heterocycles. The van der Waals surface area contributed by atoms with Crippen molar-refractivity contribution in [3.63, 3.8) is 0 Å². The molecule has 0 spiro atoms. The molecule has 0 radical (unpaired) electrons. The van der Waals surface area contributed by atoms with Gasteiger partial charge in [-0.2, -0.15) is 5.10 Å². The van der Waals surface area contributed by atoms with Gasteiger partial charge in [-0.15, -0.1) is 0 Å². The van der Waals surface area contributed by atoms with Crippen LogP contribution in [-0.4, -0.2) is 30.8 Å². The zero-order chi connectivity index (χ0) is 30.3. The molecule has 1 aliphatic rings. The van der Waals surface area contributed by atoms with Crippen molar-refractivity contribution in [1.29, 1.82) is 0 Å². The Balaban J connectivity index is 1.39. The van der Waals surface area contributed by atoms with Crippen molar-refractivity contribution >= 4 is 84.5 Å². The van der Waals surface area contributed by atoms with E-state index in [4.69, 9.17) is 14.2 Å². The molecule has 0 bridgehead atoms. The van der Waals surface area contributed by atoms with Gasteiger partial charge in [0, 0.05) is 19.2 Å². The zero-order valence-corrected chi connectivity index (χ0v) is 27.3. The van der Waals surface area contributed by atoms with Crippen LogP contribution in [0.1, 0.15) is 31.8 Å². The van der Waals surface area contributed by atoms with E-state index in [9.17, 15) is 14.4 Å². The first-order chi connectivity index (χ1) is 20.8. The summed E-state index contributed by atoms with van der Waals surface area (Å²) in [5.74, 6) is -0.409. The number of rotatable bonds is 8. The molecular weight excluding hydrogens is 797 g/mol. The number of amides is 2. The van der Waals surface area contributed by atoms with E-state index in [1.54, 1.807) is 78.9 Å². The summed E-state index contributed by atoms with van der Waals surface area (Å²) in [5, 5.41) is 6.74. The van der Waals surface area contributed by atoms with E-state index < -0.39 is 17.8 Å². The maximum atomic E-state index is 13.3. The van der Waals surface area contributed by atoms with Crippen LogP contribution in [0.15, 0.2) is 105 Å². The molecule has 12 heteroatoms. The Morgan fingerprint density at radius 1 is 0.907 bits per heavy atom. The first-order valence-corrected chi connectivity index (χ1v) is 15.2. The first-order valence-electron chi connectivity index (χ1n) is 12.6. The van der Waals surface area contributed by atoms with E-state index in [-0.39, 0.29) is 18.2 Å². The summed E-state index contributed by atoms with van der Waals surface area (Å²) in [7, 11) is 0. The van der Waals surface area contributed by atoms with Crippen molar-refractivity contribution in [3.05, 3.63) is 125 Å². The Hall–Kier alpha value is -4.01. The van der Waals surface area contributed by atoms with Gasteiger partial charge in [0.1, 0.15) is 5.70 Å². The van der Waals surface area contributed by atoms with Gasteiger partial charge in [-0.25, -0.2) is 10.2 Å².